The van der Waals surface area contributed by atoms with Crippen molar-refractivity contribution in [3.63, 3.8) is 0 Å². The second-order valence-electron chi connectivity index (χ2n) is 4.16. The van der Waals surface area contributed by atoms with Gasteiger partial charge in [-0.05, 0) is 18.0 Å². The molecular weight excluding hydrogens is 274 g/mol. The van der Waals surface area contributed by atoms with Crippen molar-refractivity contribution in [3.05, 3.63) is 17.0 Å². The number of anilines is 1. The van der Waals surface area contributed by atoms with Gasteiger partial charge < -0.3 is 14.2 Å². The first-order valence-electron chi connectivity index (χ1n) is 5.81. The van der Waals surface area contributed by atoms with E-state index in [1.165, 1.54) is 0 Å². The highest BCUT2D eigenvalue weighted by molar-refractivity contribution is 7.89. The lowest BCUT2D eigenvalue weighted by Gasteiger charge is -2.21. The van der Waals surface area contributed by atoms with Crippen LogP contribution in [0.25, 0.3) is 0 Å². The van der Waals surface area contributed by atoms with E-state index in [0.29, 0.717) is 12.4 Å². The van der Waals surface area contributed by atoms with Crippen LogP contribution in [-0.2, 0) is 21.7 Å². The van der Waals surface area contributed by atoms with Gasteiger partial charge in [0.15, 0.2) is 0 Å². The van der Waals surface area contributed by atoms with Crippen molar-refractivity contribution in [2.45, 2.75) is 12.2 Å². The molecule has 100 valence electrons. The third kappa shape index (κ3) is 3.98. The standard InChI is InChI=1S/C11H16ClN3O2S/c1-18(16)8-9-7-10(14-11(12)13-9)15-3-2-5-17-6-4-15/h7H,2-6,8H2,1H3. The fourth-order valence-electron chi connectivity index (χ4n) is 1.87. The van der Waals surface area contributed by atoms with E-state index < -0.39 is 11.2 Å². The fraction of sp³-hybridized carbons (Fsp3) is 0.636. The molecular formula is C11H16ClN3O2S. The normalized spacial score (nSPS) is 18.5. The van der Waals surface area contributed by atoms with Crippen molar-refractivity contribution in [3.8, 4) is 0 Å². The maximum atomic E-state index is 11.2. The number of nitrogens with zero attached hydrogens (tertiary/aromatic N) is 3. The van der Waals surface area contributed by atoms with Gasteiger partial charge in [0.25, 0.3) is 0 Å². The van der Waals surface area contributed by atoms with Crippen molar-refractivity contribution >= 4 is 28.6 Å². The van der Waals surface area contributed by atoms with E-state index in [1.54, 1.807) is 6.26 Å². The van der Waals surface area contributed by atoms with E-state index in [0.717, 1.165) is 37.6 Å². The average Bonchev–Trinajstić information content (AvgIpc) is 2.55. The molecule has 1 fully saturated rings. The molecule has 1 aromatic rings. The molecule has 0 aromatic carbocycles. The molecule has 5 nitrogen and oxygen atoms in total. The third-order valence-corrected chi connectivity index (χ3v) is 3.51. The van der Waals surface area contributed by atoms with Gasteiger partial charge in [0.1, 0.15) is 11.6 Å². The summed E-state index contributed by atoms with van der Waals surface area (Å²) < 4.78 is 16.6. The molecule has 1 unspecified atom stereocenters. The van der Waals surface area contributed by atoms with E-state index in [-0.39, 0.29) is 5.28 Å². The highest BCUT2D eigenvalue weighted by atomic mass is 35.5. The van der Waals surface area contributed by atoms with E-state index in [4.69, 9.17) is 16.3 Å². The lowest BCUT2D eigenvalue weighted by molar-refractivity contribution is 0.152. The molecule has 2 rings (SSSR count). The first-order chi connectivity index (χ1) is 8.65. The number of hydrogen-bond donors (Lipinski definition) is 0. The molecule has 0 N–H and O–H groups in total. The van der Waals surface area contributed by atoms with Gasteiger partial charge in [0.2, 0.25) is 5.28 Å². The van der Waals surface area contributed by atoms with E-state index in [2.05, 4.69) is 14.9 Å². The van der Waals surface area contributed by atoms with Gasteiger partial charge in [-0.1, -0.05) is 11.2 Å². The Morgan fingerprint density at radius 3 is 3.06 bits per heavy atom. The molecule has 0 amide bonds. The Kier molecular flexibility index (Phi) is 5.05. The highest BCUT2D eigenvalue weighted by Crippen LogP contribution is 2.18. The molecule has 18 heavy (non-hydrogen) atoms. The summed E-state index contributed by atoms with van der Waals surface area (Å²) in [7, 11) is 0. The van der Waals surface area contributed by atoms with Crippen LogP contribution in [0.5, 0.6) is 0 Å². The molecule has 0 spiro atoms. The minimum Gasteiger partial charge on any atom is -0.616 e. The van der Waals surface area contributed by atoms with E-state index in [9.17, 15) is 4.55 Å². The summed E-state index contributed by atoms with van der Waals surface area (Å²) in [5, 5.41) is 0.207. The average molecular weight is 290 g/mol. The number of ether oxygens (including phenoxy) is 1. The van der Waals surface area contributed by atoms with Crippen molar-refractivity contribution in [1.29, 1.82) is 0 Å². The smallest absolute Gasteiger partial charge is 0.224 e. The van der Waals surface area contributed by atoms with Crippen LogP contribution in [0.2, 0.25) is 5.28 Å². The summed E-state index contributed by atoms with van der Waals surface area (Å²) in [6.45, 7) is 3.15. The Balaban J connectivity index is 2.17. The zero-order valence-electron chi connectivity index (χ0n) is 10.3. The van der Waals surface area contributed by atoms with Gasteiger partial charge >= 0.3 is 0 Å². The molecule has 2 heterocycles. The highest BCUT2D eigenvalue weighted by Gasteiger charge is 2.14. The predicted molar refractivity (Wildman–Crippen MR) is 72.5 cm³/mol. The van der Waals surface area contributed by atoms with Crippen molar-refractivity contribution < 1.29 is 9.29 Å². The molecule has 0 radical (unpaired) electrons. The van der Waals surface area contributed by atoms with E-state index in [1.807, 2.05) is 6.07 Å². The molecule has 1 aromatic heterocycles. The van der Waals surface area contributed by atoms with Crippen LogP contribution in [0.1, 0.15) is 12.1 Å². The van der Waals surface area contributed by atoms with Crippen molar-refractivity contribution in [1.82, 2.24) is 9.97 Å². The lowest BCUT2D eigenvalue weighted by atomic mass is 10.3. The van der Waals surface area contributed by atoms with Crippen LogP contribution in [-0.4, -0.2) is 47.1 Å². The number of rotatable bonds is 3. The third-order valence-electron chi connectivity index (χ3n) is 2.64. The molecule has 1 atom stereocenters. The summed E-state index contributed by atoms with van der Waals surface area (Å²) >= 11 is 4.98. The molecule has 0 aliphatic carbocycles. The van der Waals surface area contributed by atoms with Crippen molar-refractivity contribution in [2.75, 3.05) is 37.5 Å². The molecule has 1 saturated heterocycles. The van der Waals surface area contributed by atoms with Gasteiger partial charge in [-0.3, -0.25) is 0 Å². The molecule has 7 heteroatoms. The second-order valence-corrected chi connectivity index (χ2v) is 5.93. The number of hydrogen-bond acceptors (Lipinski definition) is 5. The van der Waals surface area contributed by atoms with Gasteiger partial charge in [0, 0.05) is 25.8 Å². The lowest BCUT2D eigenvalue weighted by Crippen LogP contribution is -2.27. The molecule has 1 aliphatic heterocycles. The van der Waals surface area contributed by atoms with Crippen LogP contribution in [0.3, 0.4) is 0 Å². The van der Waals surface area contributed by atoms with E-state index >= 15 is 0 Å². The molecule has 0 saturated carbocycles. The Morgan fingerprint density at radius 1 is 1.44 bits per heavy atom. The van der Waals surface area contributed by atoms with Gasteiger partial charge in [0.05, 0.1) is 18.6 Å². The van der Waals surface area contributed by atoms with Crippen LogP contribution < -0.4 is 4.90 Å². The largest absolute Gasteiger partial charge is 0.616 e. The summed E-state index contributed by atoms with van der Waals surface area (Å²) in [6.07, 6.45) is 2.62. The molecule has 0 bridgehead atoms. The summed E-state index contributed by atoms with van der Waals surface area (Å²) in [5.74, 6) is 1.19. The second kappa shape index (κ2) is 6.56. The predicted octanol–water partition coefficient (Wildman–Crippen LogP) is 1.24. The Labute approximate surface area is 115 Å². The van der Waals surface area contributed by atoms with Gasteiger partial charge in [-0.25, -0.2) is 9.97 Å². The van der Waals surface area contributed by atoms with Crippen molar-refractivity contribution in [2.24, 2.45) is 0 Å². The number of halogens is 1. The van der Waals surface area contributed by atoms with Crippen LogP contribution >= 0.6 is 11.6 Å². The Bertz CT molecular complexity index is 398. The van der Waals surface area contributed by atoms with Crippen LogP contribution in [0.15, 0.2) is 6.07 Å². The zero-order chi connectivity index (χ0) is 13.0. The Morgan fingerprint density at radius 2 is 2.28 bits per heavy atom. The Hall–Kier alpha value is -0.560. The quantitative estimate of drug-likeness (QED) is 0.619. The minimum absolute atomic E-state index is 0.207. The topological polar surface area (TPSA) is 61.3 Å². The van der Waals surface area contributed by atoms with Crippen LogP contribution in [0, 0.1) is 0 Å². The maximum absolute atomic E-state index is 11.2. The first-order valence-corrected chi connectivity index (χ1v) is 7.92. The minimum atomic E-state index is -0.934. The first kappa shape index (κ1) is 13.9. The zero-order valence-corrected chi connectivity index (χ0v) is 11.8. The molecule has 1 aliphatic rings. The SMILES string of the molecule is C[S+]([O-])Cc1cc(N2CCCOCC2)nc(Cl)n1. The monoisotopic (exact) mass is 289 g/mol. The van der Waals surface area contributed by atoms with Crippen LogP contribution in [0.4, 0.5) is 5.82 Å². The summed E-state index contributed by atoms with van der Waals surface area (Å²) in [5.41, 5.74) is 0.719. The number of aromatic nitrogens is 2. The van der Waals surface area contributed by atoms with Gasteiger partial charge in [-0.15, -0.1) is 0 Å². The maximum Gasteiger partial charge on any atom is 0.224 e. The summed E-state index contributed by atoms with van der Waals surface area (Å²) in [4.78, 5) is 10.5. The fourth-order valence-corrected chi connectivity index (χ4v) is 2.63. The van der Waals surface area contributed by atoms with Gasteiger partial charge in [-0.2, -0.15) is 0 Å². The summed E-state index contributed by atoms with van der Waals surface area (Å²) in [6, 6.07) is 1.86.